The van der Waals surface area contributed by atoms with E-state index in [1.165, 1.54) is 27.7 Å². The summed E-state index contributed by atoms with van der Waals surface area (Å²) in [6.45, 7) is 3.97. The van der Waals surface area contributed by atoms with Gasteiger partial charge in [0.25, 0.3) is 0 Å². The minimum atomic E-state index is 0.183. The minimum Gasteiger partial charge on any atom is -0.497 e. The maximum atomic E-state index is 5.37. The highest BCUT2D eigenvalue weighted by Gasteiger charge is 2.26. The average Bonchev–Trinajstić information content (AvgIpc) is 3.18. The van der Waals surface area contributed by atoms with Crippen molar-refractivity contribution >= 4 is 10.9 Å². The zero-order valence-electron chi connectivity index (χ0n) is 12.9. The summed E-state index contributed by atoms with van der Waals surface area (Å²) in [6.07, 6.45) is 5.11. The van der Waals surface area contributed by atoms with Crippen LogP contribution in [0, 0.1) is 0 Å². The van der Waals surface area contributed by atoms with Gasteiger partial charge in [-0.1, -0.05) is 0 Å². The number of H-pyrrole nitrogens is 1. The van der Waals surface area contributed by atoms with Crippen LogP contribution in [0.4, 0.5) is 0 Å². The highest BCUT2D eigenvalue weighted by atomic mass is 16.5. The fraction of sp³-hybridized carbons (Fsp3) is 0.353. The summed E-state index contributed by atoms with van der Waals surface area (Å²) >= 11 is 0. The first-order valence-corrected chi connectivity index (χ1v) is 7.74. The number of aromatic amines is 1. The van der Waals surface area contributed by atoms with Crippen LogP contribution < -0.4 is 10.1 Å². The van der Waals surface area contributed by atoms with E-state index >= 15 is 0 Å². The fourth-order valence-corrected chi connectivity index (χ4v) is 3.32. The van der Waals surface area contributed by atoms with Crippen LogP contribution in [0.25, 0.3) is 10.9 Å². The number of benzene rings is 1. The molecule has 0 aliphatic carbocycles. The maximum Gasteiger partial charge on any atom is 0.119 e. The van der Waals surface area contributed by atoms with Gasteiger partial charge in [0.1, 0.15) is 5.75 Å². The highest BCUT2D eigenvalue weighted by Crippen LogP contribution is 2.34. The standard InChI is InChI=1S/C17H20N4O/c1-3-21-10-11(9-19-21)16-17-13(6-7-18-16)14-8-12(22-2)4-5-15(14)20-17/h4-5,8-10,16,18,20H,3,6-7H2,1-2H3/t16-/m0/s1. The van der Waals surface area contributed by atoms with E-state index in [1.807, 2.05) is 16.9 Å². The van der Waals surface area contributed by atoms with Crippen LogP contribution in [0.5, 0.6) is 5.75 Å². The molecule has 1 aliphatic rings. The van der Waals surface area contributed by atoms with Crippen LogP contribution in [-0.4, -0.2) is 28.4 Å². The van der Waals surface area contributed by atoms with Crippen LogP contribution in [-0.2, 0) is 13.0 Å². The van der Waals surface area contributed by atoms with Crippen molar-refractivity contribution in [3.05, 3.63) is 47.4 Å². The van der Waals surface area contributed by atoms with Gasteiger partial charge in [-0.2, -0.15) is 5.10 Å². The lowest BCUT2D eigenvalue weighted by Crippen LogP contribution is -2.30. The van der Waals surface area contributed by atoms with E-state index in [9.17, 15) is 0 Å². The second-order valence-corrected chi connectivity index (χ2v) is 5.70. The normalized spacial score (nSPS) is 17.6. The molecule has 0 fully saturated rings. The molecular weight excluding hydrogens is 276 g/mol. The van der Waals surface area contributed by atoms with E-state index in [0.717, 1.165) is 25.3 Å². The summed E-state index contributed by atoms with van der Waals surface area (Å²) in [5, 5.41) is 9.28. The Kier molecular flexibility index (Phi) is 3.15. The molecule has 0 unspecified atom stereocenters. The van der Waals surface area contributed by atoms with Crippen LogP contribution in [0.15, 0.2) is 30.6 Å². The molecule has 0 saturated carbocycles. The van der Waals surface area contributed by atoms with Gasteiger partial charge in [0.2, 0.25) is 0 Å². The van der Waals surface area contributed by atoms with E-state index in [-0.39, 0.29) is 6.04 Å². The van der Waals surface area contributed by atoms with E-state index in [1.54, 1.807) is 7.11 Å². The summed E-state index contributed by atoms with van der Waals surface area (Å²) in [5.74, 6) is 0.906. The number of hydrogen-bond donors (Lipinski definition) is 2. The molecule has 2 aromatic heterocycles. The average molecular weight is 296 g/mol. The molecule has 3 aromatic rings. The van der Waals surface area contributed by atoms with Gasteiger partial charge in [-0.3, -0.25) is 4.68 Å². The van der Waals surface area contributed by atoms with Crippen LogP contribution in [0.1, 0.15) is 29.8 Å². The molecule has 2 N–H and O–H groups in total. The number of nitrogens with zero attached hydrogens (tertiary/aromatic N) is 2. The summed E-state index contributed by atoms with van der Waals surface area (Å²) < 4.78 is 7.34. The van der Waals surface area contributed by atoms with E-state index in [2.05, 4.69) is 40.7 Å². The van der Waals surface area contributed by atoms with Crippen molar-refractivity contribution in [2.24, 2.45) is 0 Å². The van der Waals surface area contributed by atoms with Crippen molar-refractivity contribution in [1.29, 1.82) is 0 Å². The van der Waals surface area contributed by atoms with Gasteiger partial charge in [0.05, 0.1) is 19.3 Å². The quantitative estimate of drug-likeness (QED) is 0.781. The lowest BCUT2D eigenvalue weighted by Gasteiger charge is -2.23. The molecule has 5 nitrogen and oxygen atoms in total. The van der Waals surface area contributed by atoms with E-state index in [4.69, 9.17) is 4.74 Å². The summed E-state index contributed by atoms with van der Waals surface area (Å²) in [5.41, 5.74) is 5.02. The smallest absolute Gasteiger partial charge is 0.119 e. The Morgan fingerprint density at radius 2 is 2.32 bits per heavy atom. The molecule has 0 amide bonds. The minimum absolute atomic E-state index is 0.183. The second kappa shape index (κ2) is 5.18. The summed E-state index contributed by atoms with van der Waals surface area (Å²) in [7, 11) is 1.71. The topological polar surface area (TPSA) is 54.9 Å². The Bertz CT molecular complexity index is 817. The van der Waals surface area contributed by atoms with E-state index < -0.39 is 0 Å². The number of aromatic nitrogens is 3. The third-order valence-electron chi connectivity index (χ3n) is 4.47. The van der Waals surface area contributed by atoms with Gasteiger partial charge >= 0.3 is 0 Å². The fourth-order valence-electron chi connectivity index (χ4n) is 3.32. The predicted molar refractivity (Wildman–Crippen MR) is 86.3 cm³/mol. The van der Waals surface area contributed by atoms with Gasteiger partial charge in [0.15, 0.2) is 0 Å². The lowest BCUT2D eigenvalue weighted by atomic mass is 9.96. The van der Waals surface area contributed by atoms with Crippen LogP contribution in [0.3, 0.4) is 0 Å². The van der Waals surface area contributed by atoms with Crippen LogP contribution in [0.2, 0.25) is 0 Å². The number of aryl methyl sites for hydroxylation is 1. The zero-order chi connectivity index (χ0) is 15.1. The number of fused-ring (bicyclic) bond motifs is 3. The van der Waals surface area contributed by atoms with Crippen molar-refractivity contribution < 1.29 is 4.74 Å². The Labute approximate surface area is 129 Å². The van der Waals surface area contributed by atoms with Crippen molar-refractivity contribution in [2.45, 2.75) is 25.9 Å². The molecule has 4 rings (SSSR count). The molecule has 0 saturated heterocycles. The molecule has 1 aromatic carbocycles. The summed E-state index contributed by atoms with van der Waals surface area (Å²) in [4.78, 5) is 3.59. The Morgan fingerprint density at radius 1 is 1.41 bits per heavy atom. The van der Waals surface area contributed by atoms with Gasteiger partial charge in [-0.25, -0.2) is 0 Å². The Morgan fingerprint density at radius 3 is 3.09 bits per heavy atom. The monoisotopic (exact) mass is 296 g/mol. The predicted octanol–water partition coefficient (Wildman–Crippen LogP) is 2.63. The highest BCUT2D eigenvalue weighted by molar-refractivity contribution is 5.86. The van der Waals surface area contributed by atoms with Crippen molar-refractivity contribution in [1.82, 2.24) is 20.1 Å². The molecule has 22 heavy (non-hydrogen) atoms. The molecule has 3 heterocycles. The molecular formula is C17H20N4O. The molecule has 5 heteroatoms. The van der Waals surface area contributed by atoms with Gasteiger partial charge < -0.3 is 15.0 Å². The number of rotatable bonds is 3. The SMILES string of the molecule is CCn1cc([C@@H]2NCCc3c2[nH]c2ccc(OC)cc32)cn1. The number of hydrogen-bond acceptors (Lipinski definition) is 3. The van der Waals surface area contributed by atoms with Crippen LogP contribution >= 0.6 is 0 Å². The Balaban J connectivity index is 1.83. The summed E-state index contributed by atoms with van der Waals surface area (Å²) in [6, 6.07) is 6.41. The molecule has 1 atom stereocenters. The Hall–Kier alpha value is -2.27. The molecule has 0 spiro atoms. The number of methoxy groups -OCH3 is 1. The van der Waals surface area contributed by atoms with E-state index in [0.29, 0.717) is 0 Å². The largest absolute Gasteiger partial charge is 0.497 e. The van der Waals surface area contributed by atoms with Crippen molar-refractivity contribution in [3.8, 4) is 5.75 Å². The van der Waals surface area contributed by atoms with Gasteiger partial charge in [-0.05, 0) is 37.1 Å². The molecule has 1 aliphatic heterocycles. The molecule has 0 radical (unpaired) electrons. The number of nitrogens with one attached hydrogen (secondary N) is 2. The molecule has 0 bridgehead atoms. The van der Waals surface area contributed by atoms with Crippen molar-refractivity contribution in [2.75, 3.05) is 13.7 Å². The van der Waals surface area contributed by atoms with Gasteiger partial charge in [0, 0.05) is 41.4 Å². The third-order valence-corrected chi connectivity index (χ3v) is 4.47. The lowest BCUT2D eigenvalue weighted by molar-refractivity contribution is 0.415. The first kappa shape index (κ1) is 13.4. The number of ether oxygens (including phenoxy) is 1. The first-order chi connectivity index (χ1) is 10.8. The second-order valence-electron chi connectivity index (χ2n) is 5.70. The van der Waals surface area contributed by atoms with Crippen molar-refractivity contribution in [3.63, 3.8) is 0 Å². The molecule has 114 valence electrons. The third kappa shape index (κ3) is 2.01. The maximum absolute atomic E-state index is 5.37. The first-order valence-electron chi connectivity index (χ1n) is 7.74. The zero-order valence-corrected chi connectivity index (χ0v) is 12.9. The van der Waals surface area contributed by atoms with Gasteiger partial charge in [-0.15, -0.1) is 0 Å².